The summed E-state index contributed by atoms with van der Waals surface area (Å²) in [6.07, 6.45) is 2.66. The van der Waals surface area contributed by atoms with Gasteiger partial charge in [-0.2, -0.15) is 0 Å². The van der Waals surface area contributed by atoms with Gasteiger partial charge in [0, 0.05) is 2.74 Å². The minimum atomic E-state index is -1.75. The lowest BCUT2D eigenvalue weighted by atomic mass is 9.46. The largest absolute Gasteiger partial charge is 0.481 e. The number of carboxylic acid groups (broad SMARTS) is 1. The molecule has 0 spiro atoms. The van der Waals surface area contributed by atoms with Crippen molar-refractivity contribution in [2.45, 2.75) is 104 Å². The van der Waals surface area contributed by atoms with Crippen molar-refractivity contribution >= 4 is 5.97 Å². The van der Waals surface area contributed by atoms with E-state index in [0.717, 1.165) is 31.3 Å². The minimum absolute atomic E-state index is 0.0483. The zero-order chi connectivity index (χ0) is 26.2. The first-order valence-electron chi connectivity index (χ1n) is 14.3. The number of fused-ring (bicyclic) bond motifs is 5. The normalized spacial score (nSPS) is 53.4. The number of aliphatic carboxylic acids is 1. The third kappa shape index (κ3) is 3.90. The topological polar surface area (TPSA) is 77.8 Å². The van der Waals surface area contributed by atoms with E-state index in [0.29, 0.717) is 25.2 Å². The second-order valence-corrected chi connectivity index (χ2v) is 11.5. The van der Waals surface area contributed by atoms with E-state index in [2.05, 4.69) is 20.8 Å². The summed E-state index contributed by atoms with van der Waals surface area (Å²) in [6, 6.07) is 0. The highest BCUT2D eigenvalue weighted by Gasteiger charge is 2.61. The molecule has 0 amide bonds. The molecule has 0 radical (unpaired) electrons. The number of carbonyl (C=O) groups is 1. The van der Waals surface area contributed by atoms with E-state index in [1.165, 1.54) is 6.92 Å². The molecule has 0 aromatic heterocycles. The van der Waals surface area contributed by atoms with Gasteiger partial charge in [0.25, 0.3) is 0 Å². The Balaban J connectivity index is 1.56. The Kier molecular flexibility index (Phi) is 5.07. The Bertz CT molecular complexity index is 886. The Hall–Kier alpha value is -0.870. The molecule has 0 aliphatic heterocycles. The van der Waals surface area contributed by atoms with Gasteiger partial charge in [-0.3, -0.25) is 4.79 Å². The van der Waals surface area contributed by atoms with Crippen LogP contribution >= 0.6 is 0 Å². The fourth-order valence-corrected chi connectivity index (χ4v) is 8.05. The maximum Gasteiger partial charge on any atom is 0.306 e. The molecule has 4 rings (SSSR count). The predicted octanol–water partition coefficient (Wildman–Crippen LogP) is 5.42. The van der Waals surface area contributed by atoms with Crippen molar-refractivity contribution in [3.63, 3.8) is 0 Å². The molecule has 4 aliphatic carbocycles. The molecular weight excluding hydrogens is 388 g/mol. The van der Waals surface area contributed by atoms with Gasteiger partial charge in [-0.15, -0.1) is 0 Å². The standard InChI is InChI=1S/C27H44O4/c1-16(6-5-7-17(2)25(30)31)20-8-9-21-24-22(11-13-27(20,21)4)26(3)12-10-19(28)14-18(26)15-23(24)29/h15-17,19-24,28-29H,5-14H2,1-4H3,(H,30,31)/t16?,17?,19-,20?,21?,22?,23?,24?,26-,27+/m0/s1/i7D2,19D,23D. The molecule has 3 N–H and O–H groups in total. The van der Waals surface area contributed by atoms with Gasteiger partial charge in [0.15, 0.2) is 0 Å². The Morgan fingerprint density at radius 3 is 2.65 bits per heavy atom. The Labute approximate surface area is 194 Å². The first kappa shape index (κ1) is 18.5. The highest BCUT2D eigenvalue weighted by Crippen LogP contribution is 2.67. The average Bonchev–Trinajstić information content (AvgIpc) is 3.09. The van der Waals surface area contributed by atoms with Crippen molar-refractivity contribution in [3.05, 3.63) is 11.6 Å². The summed E-state index contributed by atoms with van der Waals surface area (Å²) in [5.74, 6) is -1.42. The van der Waals surface area contributed by atoms with Gasteiger partial charge in [0.1, 0.15) is 0 Å². The molecule has 7 unspecified atom stereocenters. The third-order valence-corrected chi connectivity index (χ3v) is 9.99. The lowest BCUT2D eigenvalue weighted by molar-refractivity contribution is -0.141. The SMILES string of the molecule is [2H]C1(O)C=C2C[C@@]([2H])(O)CC[C@]2(C)C2CC[C@]3(C)C(C(C)CCC([2H])([2H])C(C)C(=O)O)CCC3C21. The maximum absolute atomic E-state index is 11.4. The third-order valence-electron chi connectivity index (χ3n) is 9.99. The van der Waals surface area contributed by atoms with Crippen LogP contribution in [0.5, 0.6) is 0 Å². The molecule has 31 heavy (non-hydrogen) atoms. The van der Waals surface area contributed by atoms with Crippen LogP contribution in [0.15, 0.2) is 11.6 Å². The van der Waals surface area contributed by atoms with Crippen molar-refractivity contribution < 1.29 is 25.6 Å². The first-order chi connectivity index (χ1) is 15.9. The fraction of sp³-hybridized carbons (Fsp3) is 0.889. The Morgan fingerprint density at radius 2 is 1.94 bits per heavy atom. The molecular formula is C27H44O4. The van der Waals surface area contributed by atoms with Crippen LogP contribution in [0.2, 0.25) is 0 Å². The van der Waals surface area contributed by atoms with E-state index in [9.17, 15) is 20.1 Å². The quantitative estimate of drug-likeness (QED) is 0.486. The summed E-state index contributed by atoms with van der Waals surface area (Å²) < 4.78 is 33.7. The van der Waals surface area contributed by atoms with E-state index >= 15 is 0 Å². The van der Waals surface area contributed by atoms with Gasteiger partial charge in [0.05, 0.1) is 20.8 Å². The van der Waals surface area contributed by atoms with Gasteiger partial charge in [-0.25, -0.2) is 0 Å². The molecule has 0 saturated heterocycles. The molecule has 4 heteroatoms. The van der Waals surface area contributed by atoms with E-state index in [-0.39, 0.29) is 47.3 Å². The fourth-order valence-electron chi connectivity index (χ4n) is 8.05. The van der Waals surface area contributed by atoms with E-state index in [1.54, 1.807) is 6.08 Å². The van der Waals surface area contributed by atoms with Crippen LogP contribution in [-0.2, 0) is 4.79 Å². The molecule has 10 atom stereocenters. The van der Waals surface area contributed by atoms with Crippen molar-refractivity contribution in [2.24, 2.45) is 46.3 Å². The highest BCUT2D eigenvalue weighted by molar-refractivity contribution is 5.69. The van der Waals surface area contributed by atoms with Crippen molar-refractivity contribution in [1.29, 1.82) is 0 Å². The number of aliphatic hydroxyl groups is 2. The maximum atomic E-state index is 11.4. The van der Waals surface area contributed by atoms with Crippen LogP contribution < -0.4 is 0 Å². The molecule has 0 bridgehead atoms. The highest BCUT2D eigenvalue weighted by atomic mass is 16.4. The number of rotatable bonds is 6. The van der Waals surface area contributed by atoms with E-state index in [4.69, 9.17) is 5.48 Å². The predicted molar refractivity (Wildman–Crippen MR) is 122 cm³/mol. The van der Waals surface area contributed by atoms with E-state index in [1.807, 2.05) is 0 Å². The molecule has 176 valence electrons. The summed E-state index contributed by atoms with van der Waals surface area (Å²) in [4.78, 5) is 11.3. The smallest absolute Gasteiger partial charge is 0.306 e. The van der Waals surface area contributed by atoms with Gasteiger partial charge in [-0.05, 0) is 91.7 Å². The summed E-state index contributed by atoms with van der Waals surface area (Å²) in [7, 11) is 0. The second-order valence-electron chi connectivity index (χ2n) is 11.5. The molecule has 0 heterocycles. The Morgan fingerprint density at radius 1 is 1.19 bits per heavy atom. The molecule has 3 fully saturated rings. The van der Waals surface area contributed by atoms with Crippen molar-refractivity contribution in [1.82, 2.24) is 0 Å². The number of hydrogen-bond donors (Lipinski definition) is 3. The first-order valence-corrected chi connectivity index (χ1v) is 12.3. The van der Waals surface area contributed by atoms with Crippen molar-refractivity contribution in [2.75, 3.05) is 0 Å². The monoisotopic (exact) mass is 436 g/mol. The van der Waals surface area contributed by atoms with Crippen LogP contribution in [0.3, 0.4) is 0 Å². The number of carboxylic acids is 1. The summed E-state index contributed by atoms with van der Waals surface area (Å²) in [5, 5.41) is 31.1. The van der Waals surface area contributed by atoms with Crippen LogP contribution in [0.25, 0.3) is 0 Å². The molecule has 4 nitrogen and oxygen atoms in total. The molecule has 4 aliphatic rings. The van der Waals surface area contributed by atoms with Gasteiger partial charge >= 0.3 is 5.97 Å². The van der Waals surface area contributed by atoms with Gasteiger partial charge in [0.2, 0.25) is 0 Å². The van der Waals surface area contributed by atoms with Crippen LogP contribution in [0.1, 0.15) is 97.3 Å². The molecule has 0 aromatic carbocycles. The number of hydrogen-bond acceptors (Lipinski definition) is 3. The summed E-state index contributed by atoms with van der Waals surface area (Å²) in [6.45, 7) is 8.12. The van der Waals surface area contributed by atoms with Crippen LogP contribution in [-0.4, -0.2) is 33.4 Å². The van der Waals surface area contributed by atoms with Crippen LogP contribution in [0.4, 0.5) is 0 Å². The summed E-state index contributed by atoms with van der Waals surface area (Å²) in [5.41, 5.74) is 0.633. The average molecular weight is 437 g/mol. The zero-order valence-electron chi connectivity index (χ0n) is 23.7. The molecule has 0 aromatic rings. The second kappa shape index (κ2) is 8.48. The minimum Gasteiger partial charge on any atom is -0.481 e. The van der Waals surface area contributed by atoms with Crippen molar-refractivity contribution in [3.8, 4) is 0 Å². The lowest BCUT2D eigenvalue weighted by Gasteiger charge is -2.59. The molecule has 3 saturated carbocycles. The van der Waals surface area contributed by atoms with Gasteiger partial charge in [-0.1, -0.05) is 52.2 Å². The van der Waals surface area contributed by atoms with Gasteiger partial charge < -0.3 is 15.3 Å². The van der Waals surface area contributed by atoms with Crippen LogP contribution in [0, 0.1) is 46.3 Å². The lowest BCUT2D eigenvalue weighted by Crippen LogP contribution is -2.54. The van der Waals surface area contributed by atoms with E-state index < -0.39 is 30.4 Å². The zero-order valence-corrected chi connectivity index (χ0v) is 19.7. The summed E-state index contributed by atoms with van der Waals surface area (Å²) >= 11 is 0.